The lowest BCUT2D eigenvalue weighted by molar-refractivity contribution is -0.950. The molecular weight excluding hydrogens is 672 g/mol. The third-order valence-electron chi connectivity index (χ3n) is 9.42. The molecule has 5 rings (SSSR count). The van der Waals surface area contributed by atoms with E-state index in [1.54, 1.807) is 12.4 Å². The van der Waals surface area contributed by atoms with Crippen molar-refractivity contribution < 1.29 is 34.0 Å². The van der Waals surface area contributed by atoms with Crippen LogP contribution in [0.2, 0.25) is 0 Å². The van der Waals surface area contributed by atoms with Gasteiger partial charge in [0.2, 0.25) is 5.91 Å². The molecule has 0 aliphatic carbocycles. The minimum absolute atomic E-state index is 0.0364. The van der Waals surface area contributed by atoms with Gasteiger partial charge in [-0.25, -0.2) is 15.2 Å². The summed E-state index contributed by atoms with van der Waals surface area (Å²) in [7, 11) is 1.25. The number of hydrogen-bond donors (Lipinski definition) is 6. The van der Waals surface area contributed by atoms with Crippen molar-refractivity contribution in [3.8, 4) is 11.1 Å². The second kappa shape index (κ2) is 18.6. The maximum absolute atomic E-state index is 14.0. The standard InChI is InChI=1S/C41H54N6O6/c1-28(2)34-36(48)43-22-8-7-10-29-11-13-30(14-12-29)26-41(52,38(50)44-34)21-9-25-47(46-37(49)35(40(3,4)5)45-39(51)53-6)27-31-15-17-32(18-16-31)33-19-23-42-24-20-33/h7-8,11-20,23-24,28,34-35,52H,9-10,21-22,25-27H2,1-6H3,(H,43,48)(H,44,50)(H,45,51)(H,46,49)/p+1/b8-7-/t34-,35+,41+/m0/s1. The number of rotatable bonds is 11. The van der Waals surface area contributed by atoms with E-state index in [1.165, 1.54) is 7.11 Å². The van der Waals surface area contributed by atoms with Crippen LogP contribution in [0, 0.1) is 11.3 Å². The Labute approximate surface area is 312 Å². The topological polar surface area (TPSA) is 163 Å². The van der Waals surface area contributed by atoms with Gasteiger partial charge in [-0.3, -0.25) is 19.4 Å². The number of pyridine rings is 1. The second-order valence-electron chi connectivity index (χ2n) is 15.1. The summed E-state index contributed by atoms with van der Waals surface area (Å²) in [6.45, 7) is 10.3. The van der Waals surface area contributed by atoms with Crippen molar-refractivity contribution in [3.63, 3.8) is 0 Å². The van der Waals surface area contributed by atoms with Gasteiger partial charge in [0.05, 0.1) is 13.7 Å². The number of nitrogens with zero attached hydrogens (tertiary/aromatic N) is 1. The Balaban J connectivity index is 1.59. The molecule has 2 aliphatic rings. The molecule has 53 heavy (non-hydrogen) atoms. The number of ether oxygens (including phenoxy) is 1. The van der Waals surface area contributed by atoms with Gasteiger partial charge >= 0.3 is 6.09 Å². The van der Waals surface area contributed by atoms with Crippen molar-refractivity contribution in [2.45, 2.75) is 84.5 Å². The molecular formula is C41H55N6O6+. The van der Waals surface area contributed by atoms with E-state index in [0.717, 1.165) is 27.8 Å². The molecule has 1 unspecified atom stereocenters. The molecule has 3 heterocycles. The van der Waals surface area contributed by atoms with Gasteiger partial charge in [-0.2, -0.15) is 0 Å². The van der Waals surface area contributed by atoms with E-state index in [-0.39, 0.29) is 24.7 Å². The molecule has 2 aliphatic heterocycles. The molecule has 2 aromatic carbocycles. The van der Waals surface area contributed by atoms with E-state index in [1.807, 2.05) is 107 Å². The highest BCUT2D eigenvalue weighted by Crippen LogP contribution is 2.23. The van der Waals surface area contributed by atoms with Gasteiger partial charge in [0.15, 0.2) is 0 Å². The average molecular weight is 728 g/mol. The Kier molecular flexibility index (Phi) is 14.3. The summed E-state index contributed by atoms with van der Waals surface area (Å²) in [4.78, 5) is 57.2. The molecule has 12 nitrogen and oxygen atoms in total. The van der Waals surface area contributed by atoms with Gasteiger partial charge < -0.3 is 25.8 Å². The fraction of sp³-hybridized carbons (Fsp3) is 0.439. The lowest BCUT2D eigenvalue weighted by atomic mass is 9.86. The normalized spacial score (nSPS) is 19.9. The molecule has 12 heteroatoms. The van der Waals surface area contributed by atoms with Gasteiger partial charge in [0.25, 0.3) is 11.8 Å². The Bertz CT molecular complexity index is 1710. The van der Waals surface area contributed by atoms with Crippen molar-refractivity contribution >= 4 is 23.8 Å². The van der Waals surface area contributed by atoms with Gasteiger partial charge in [-0.15, -0.1) is 0 Å². The maximum atomic E-state index is 14.0. The van der Waals surface area contributed by atoms with E-state index in [4.69, 9.17) is 4.74 Å². The molecule has 284 valence electrons. The van der Waals surface area contributed by atoms with E-state index in [0.29, 0.717) is 37.5 Å². The first-order valence-electron chi connectivity index (χ1n) is 18.2. The van der Waals surface area contributed by atoms with Crippen LogP contribution in [-0.2, 0) is 38.5 Å². The SMILES string of the molecule is COC(=O)N[C@H](C(=O)N[NH+](CCC[C@@]1(O)Cc2ccc(cc2)C/C=C\CNC(=O)[C@H](C(C)C)NC1=O)Cc1ccc(-c2ccncc2)cc1)C(C)(C)C. The lowest BCUT2D eigenvalue weighted by Gasteiger charge is -2.32. The smallest absolute Gasteiger partial charge is 0.407 e. The van der Waals surface area contributed by atoms with Gasteiger partial charge in [0, 0.05) is 37.3 Å². The molecule has 3 aromatic rings. The number of carbonyl (C=O) groups is 4. The average Bonchev–Trinajstić information content (AvgIpc) is 3.13. The number of fused-ring (bicyclic) bond motifs is 11. The molecule has 6 N–H and O–H groups in total. The zero-order valence-corrected chi connectivity index (χ0v) is 31.7. The lowest BCUT2D eigenvalue weighted by Crippen LogP contribution is -3.18. The molecule has 4 atom stereocenters. The Hall–Kier alpha value is -5.07. The number of aromatic nitrogens is 1. The molecule has 4 amide bonds. The van der Waals surface area contributed by atoms with Gasteiger partial charge in [0.1, 0.15) is 24.2 Å². The van der Waals surface area contributed by atoms with Crippen molar-refractivity contribution in [2.24, 2.45) is 11.3 Å². The van der Waals surface area contributed by atoms with Crippen molar-refractivity contribution in [3.05, 3.63) is 102 Å². The number of carbonyl (C=O) groups excluding carboxylic acids is 4. The highest BCUT2D eigenvalue weighted by atomic mass is 16.5. The number of hydrogen-bond acceptors (Lipinski definition) is 7. The van der Waals surface area contributed by atoms with E-state index in [2.05, 4.69) is 26.4 Å². The zero-order chi connectivity index (χ0) is 38.6. The van der Waals surface area contributed by atoms with Crippen LogP contribution >= 0.6 is 0 Å². The van der Waals surface area contributed by atoms with Crippen LogP contribution in [0.5, 0.6) is 0 Å². The summed E-state index contributed by atoms with van der Waals surface area (Å²) in [6.07, 6.45) is 7.75. The number of methoxy groups -OCH3 is 1. The van der Waals surface area contributed by atoms with Crippen LogP contribution in [0.15, 0.2) is 85.2 Å². The number of allylic oxidation sites excluding steroid dienone is 1. The number of alkyl carbamates (subject to hydrolysis) is 1. The summed E-state index contributed by atoms with van der Waals surface area (Å²) in [5.41, 5.74) is 5.41. The Morgan fingerprint density at radius 3 is 2.25 bits per heavy atom. The predicted octanol–water partition coefficient (Wildman–Crippen LogP) is 3.06. The van der Waals surface area contributed by atoms with E-state index < -0.39 is 41.0 Å². The van der Waals surface area contributed by atoms with Crippen molar-refractivity contribution in [2.75, 3.05) is 20.2 Å². The molecule has 0 fully saturated rings. The molecule has 2 bridgehead atoms. The minimum Gasteiger partial charge on any atom is -0.453 e. The molecule has 0 spiro atoms. The monoisotopic (exact) mass is 727 g/mol. The number of amides is 4. The second-order valence-corrected chi connectivity index (χ2v) is 15.1. The molecule has 1 aromatic heterocycles. The van der Waals surface area contributed by atoms with Crippen LogP contribution in [0.25, 0.3) is 11.1 Å². The number of benzene rings is 2. The van der Waals surface area contributed by atoms with Crippen molar-refractivity contribution in [1.82, 2.24) is 26.4 Å². The third kappa shape index (κ3) is 12.0. The first-order chi connectivity index (χ1) is 25.2. The van der Waals surface area contributed by atoms with Crippen LogP contribution < -0.4 is 26.4 Å². The third-order valence-corrected chi connectivity index (χ3v) is 9.42. The molecule has 0 radical (unpaired) electrons. The summed E-state index contributed by atoms with van der Waals surface area (Å²) < 4.78 is 4.80. The van der Waals surface area contributed by atoms with Gasteiger partial charge in [-0.1, -0.05) is 95.3 Å². The largest absolute Gasteiger partial charge is 0.453 e. The van der Waals surface area contributed by atoms with Gasteiger partial charge in [-0.05, 0) is 58.6 Å². The first-order valence-corrected chi connectivity index (χ1v) is 18.2. The predicted molar refractivity (Wildman–Crippen MR) is 203 cm³/mol. The number of aliphatic hydroxyl groups is 1. The number of quaternary nitrogens is 1. The van der Waals surface area contributed by atoms with E-state index in [9.17, 15) is 24.3 Å². The molecule has 0 saturated carbocycles. The highest BCUT2D eigenvalue weighted by molar-refractivity contribution is 5.91. The summed E-state index contributed by atoms with van der Waals surface area (Å²) in [5, 5.41) is 21.2. The minimum atomic E-state index is -1.85. The zero-order valence-electron chi connectivity index (χ0n) is 31.7. The van der Waals surface area contributed by atoms with Crippen LogP contribution in [0.1, 0.15) is 64.2 Å². The highest BCUT2D eigenvalue weighted by Gasteiger charge is 2.40. The van der Waals surface area contributed by atoms with E-state index >= 15 is 0 Å². The van der Waals surface area contributed by atoms with Crippen LogP contribution in [0.3, 0.4) is 0 Å². The maximum Gasteiger partial charge on any atom is 0.407 e. The number of nitrogens with one attached hydrogen (secondary N) is 5. The first kappa shape index (κ1) is 40.7. The Morgan fingerprint density at radius 1 is 0.981 bits per heavy atom. The summed E-state index contributed by atoms with van der Waals surface area (Å²) in [5.74, 6) is -1.58. The summed E-state index contributed by atoms with van der Waals surface area (Å²) >= 11 is 0. The fourth-order valence-electron chi connectivity index (χ4n) is 6.29. The van der Waals surface area contributed by atoms with Crippen molar-refractivity contribution in [1.29, 1.82) is 0 Å². The van der Waals surface area contributed by atoms with Crippen LogP contribution in [0.4, 0.5) is 4.79 Å². The van der Waals surface area contributed by atoms with Crippen LogP contribution in [-0.4, -0.2) is 71.8 Å². The molecule has 0 saturated heterocycles. The quantitative estimate of drug-likeness (QED) is 0.131. The summed E-state index contributed by atoms with van der Waals surface area (Å²) in [6, 6.07) is 17.9. The fourth-order valence-corrected chi connectivity index (χ4v) is 6.29. The Morgan fingerprint density at radius 2 is 1.62 bits per heavy atom.